The van der Waals surface area contributed by atoms with Crippen LogP contribution in [-0.2, 0) is 14.8 Å². The Balaban J connectivity index is 2.21. The number of nitrogens with one attached hydrogen (secondary N) is 1. The highest BCUT2D eigenvalue weighted by atomic mass is 32.2. The summed E-state index contributed by atoms with van der Waals surface area (Å²) in [5.41, 5.74) is 6.73. The van der Waals surface area contributed by atoms with Gasteiger partial charge in [-0.1, -0.05) is 0 Å². The third-order valence-corrected chi connectivity index (χ3v) is 4.86. The van der Waals surface area contributed by atoms with E-state index in [4.69, 9.17) is 15.2 Å². The van der Waals surface area contributed by atoms with Gasteiger partial charge in [-0.25, -0.2) is 13.1 Å². The van der Waals surface area contributed by atoms with E-state index in [-0.39, 0.29) is 18.4 Å². The average molecular weight is 328 g/mol. The number of fused-ring (bicyclic) bond motifs is 1. The van der Waals surface area contributed by atoms with Crippen LogP contribution in [0.2, 0.25) is 0 Å². The monoisotopic (exact) mass is 328 g/mol. The van der Waals surface area contributed by atoms with Gasteiger partial charge in [0.15, 0.2) is 0 Å². The molecule has 1 aromatic rings. The van der Waals surface area contributed by atoms with Gasteiger partial charge in [0, 0.05) is 24.3 Å². The number of hydrogen-bond acceptors (Lipinski definition) is 5. The fourth-order valence-electron chi connectivity index (χ4n) is 2.57. The third kappa shape index (κ3) is 4.34. The second-order valence-electron chi connectivity index (χ2n) is 6.05. The molecule has 0 aliphatic carbocycles. The summed E-state index contributed by atoms with van der Waals surface area (Å²) in [7, 11) is -3.43. The quantitative estimate of drug-likeness (QED) is 0.614. The van der Waals surface area contributed by atoms with Crippen molar-refractivity contribution in [2.45, 2.75) is 38.8 Å². The van der Waals surface area contributed by atoms with Gasteiger partial charge in [0.2, 0.25) is 10.0 Å². The maximum atomic E-state index is 12.2. The molecule has 1 aliphatic rings. The van der Waals surface area contributed by atoms with Crippen molar-refractivity contribution in [1.82, 2.24) is 4.72 Å². The van der Waals surface area contributed by atoms with Crippen LogP contribution in [-0.4, -0.2) is 33.0 Å². The van der Waals surface area contributed by atoms with Crippen LogP contribution in [0.5, 0.6) is 5.75 Å². The number of nitrogen functional groups attached to an aromatic ring is 1. The Kier molecular flexibility index (Phi) is 4.99. The molecule has 22 heavy (non-hydrogen) atoms. The number of hydrogen-bond donors (Lipinski definition) is 2. The summed E-state index contributed by atoms with van der Waals surface area (Å²) in [4.78, 5) is 0. The number of rotatable bonds is 6. The molecular formula is C15H24N2O4S. The fraction of sp³-hybridized carbons (Fsp3) is 0.600. The van der Waals surface area contributed by atoms with E-state index in [1.807, 2.05) is 20.8 Å². The van der Waals surface area contributed by atoms with E-state index >= 15 is 0 Å². The van der Waals surface area contributed by atoms with Crippen LogP contribution in [0.1, 0.15) is 38.8 Å². The van der Waals surface area contributed by atoms with E-state index in [1.165, 1.54) is 0 Å². The summed E-state index contributed by atoms with van der Waals surface area (Å²) in [6, 6.07) is 4.95. The summed E-state index contributed by atoms with van der Waals surface area (Å²) in [5.74, 6) is 0.610. The molecule has 0 spiro atoms. The molecule has 6 nitrogen and oxygen atoms in total. The van der Waals surface area contributed by atoms with Gasteiger partial charge >= 0.3 is 0 Å². The predicted molar refractivity (Wildman–Crippen MR) is 86.3 cm³/mol. The Morgan fingerprint density at radius 1 is 1.45 bits per heavy atom. The lowest BCUT2D eigenvalue weighted by atomic mass is 9.90. The zero-order chi connectivity index (χ0) is 16.4. The van der Waals surface area contributed by atoms with Gasteiger partial charge in [-0.2, -0.15) is 0 Å². The Morgan fingerprint density at radius 3 is 2.86 bits per heavy atom. The van der Waals surface area contributed by atoms with E-state index in [9.17, 15) is 8.42 Å². The molecule has 1 aromatic carbocycles. The summed E-state index contributed by atoms with van der Waals surface area (Å²) < 4.78 is 38.2. The van der Waals surface area contributed by atoms with Crippen molar-refractivity contribution < 1.29 is 17.9 Å². The normalized spacial score (nSPS) is 20.2. The first-order chi connectivity index (χ1) is 10.2. The molecular weight excluding hydrogens is 304 g/mol. The first-order valence-electron chi connectivity index (χ1n) is 7.38. The highest BCUT2D eigenvalue weighted by Gasteiger charge is 2.35. The molecule has 1 atom stereocenters. The lowest BCUT2D eigenvalue weighted by Gasteiger charge is -2.37. The Bertz CT molecular complexity index is 628. The van der Waals surface area contributed by atoms with Crippen molar-refractivity contribution in [2.24, 2.45) is 0 Å². The molecule has 3 N–H and O–H groups in total. The minimum absolute atomic E-state index is 0.0593. The van der Waals surface area contributed by atoms with Crippen molar-refractivity contribution in [3.05, 3.63) is 23.8 Å². The van der Waals surface area contributed by atoms with Gasteiger partial charge in [0.1, 0.15) is 11.4 Å². The van der Waals surface area contributed by atoms with E-state index in [0.29, 0.717) is 24.5 Å². The van der Waals surface area contributed by atoms with Crippen LogP contribution >= 0.6 is 0 Å². The maximum Gasteiger partial charge on any atom is 0.214 e. The number of anilines is 1. The second kappa shape index (κ2) is 6.44. The van der Waals surface area contributed by atoms with Crippen LogP contribution < -0.4 is 15.2 Å². The first kappa shape index (κ1) is 17.1. The highest BCUT2D eigenvalue weighted by molar-refractivity contribution is 7.89. The minimum atomic E-state index is -3.43. The standard InChI is InChI=1S/C15H24N2O4S/c1-4-20-7-8-22(18,19)17-13-10-15(2,3)21-14-6-5-11(16)9-12(13)14/h5-6,9,13,17H,4,7-8,10,16H2,1-3H3. The minimum Gasteiger partial charge on any atom is -0.487 e. The summed E-state index contributed by atoms with van der Waals surface area (Å²) in [5, 5.41) is 0. The lowest BCUT2D eigenvalue weighted by molar-refractivity contribution is 0.0702. The maximum absolute atomic E-state index is 12.2. The van der Waals surface area contributed by atoms with Crippen LogP contribution in [0.15, 0.2) is 18.2 Å². The van der Waals surface area contributed by atoms with Crippen LogP contribution in [0.4, 0.5) is 5.69 Å². The predicted octanol–water partition coefficient (Wildman–Crippen LogP) is 1.83. The molecule has 0 fully saturated rings. The number of nitrogens with two attached hydrogens (primary N) is 1. The molecule has 0 bridgehead atoms. The average Bonchev–Trinajstić information content (AvgIpc) is 2.38. The topological polar surface area (TPSA) is 90.7 Å². The van der Waals surface area contributed by atoms with Crippen molar-refractivity contribution in [3.8, 4) is 5.75 Å². The molecule has 1 unspecified atom stereocenters. The number of ether oxygens (including phenoxy) is 2. The van der Waals surface area contributed by atoms with Gasteiger partial charge in [-0.05, 0) is 39.0 Å². The zero-order valence-corrected chi connectivity index (χ0v) is 14.1. The van der Waals surface area contributed by atoms with Crippen LogP contribution in [0.25, 0.3) is 0 Å². The van der Waals surface area contributed by atoms with Crippen LogP contribution in [0.3, 0.4) is 0 Å². The number of sulfonamides is 1. The van der Waals surface area contributed by atoms with Crippen molar-refractivity contribution >= 4 is 15.7 Å². The molecule has 124 valence electrons. The van der Waals surface area contributed by atoms with E-state index in [0.717, 1.165) is 5.56 Å². The van der Waals surface area contributed by atoms with Gasteiger partial charge < -0.3 is 15.2 Å². The molecule has 0 saturated carbocycles. The van der Waals surface area contributed by atoms with Crippen molar-refractivity contribution in [2.75, 3.05) is 24.7 Å². The molecule has 1 aliphatic heterocycles. The molecule has 0 saturated heterocycles. The van der Waals surface area contributed by atoms with Crippen molar-refractivity contribution in [1.29, 1.82) is 0 Å². The third-order valence-electron chi connectivity index (χ3n) is 3.51. The number of benzene rings is 1. The molecule has 0 amide bonds. The fourth-order valence-corrected chi connectivity index (χ4v) is 3.67. The first-order valence-corrected chi connectivity index (χ1v) is 9.04. The summed E-state index contributed by atoms with van der Waals surface area (Å²) in [6.45, 7) is 6.39. The Morgan fingerprint density at radius 2 is 2.18 bits per heavy atom. The Hall–Kier alpha value is -1.31. The Labute approximate surface area is 132 Å². The van der Waals surface area contributed by atoms with Gasteiger partial charge in [-0.3, -0.25) is 0 Å². The van der Waals surface area contributed by atoms with E-state index in [1.54, 1.807) is 18.2 Å². The largest absolute Gasteiger partial charge is 0.487 e. The molecule has 0 radical (unpaired) electrons. The molecule has 2 rings (SSSR count). The smallest absolute Gasteiger partial charge is 0.214 e. The highest BCUT2D eigenvalue weighted by Crippen LogP contribution is 2.40. The molecule has 1 heterocycles. The van der Waals surface area contributed by atoms with E-state index < -0.39 is 15.6 Å². The molecule has 0 aromatic heterocycles. The van der Waals surface area contributed by atoms with E-state index in [2.05, 4.69) is 4.72 Å². The van der Waals surface area contributed by atoms with Crippen molar-refractivity contribution in [3.63, 3.8) is 0 Å². The zero-order valence-electron chi connectivity index (χ0n) is 13.3. The molecule has 7 heteroatoms. The summed E-state index contributed by atoms with van der Waals surface area (Å²) >= 11 is 0. The lowest BCUT2D eigenvalue weighted by Crippen LogP contribution is -2.42. The summed E-state index contributed by atoms with van der Waals surface area (Å²) in [6.07, 6.45) is 0.539. The SMILES string of the molecule is CCOCCS(=O)(=O)NC1CC(C)(C)Oc2ccc(N)cc21. The van der Waals surface area contributed by atoms with Gasteiger partial charge in [0.05, 0.1) is 18.4 Å². The van der Waals surface area contributed by atoms with Gasteiger partial charge in [0.25, 0.3) is 0 Å². The van der Waals surface area contributed by atoms with Gasteiger partial charge in [-0.15, -0.1) is 0 Å². The second-order valence-corrected chi connectivity index (χ2v) is 7.92. The van der Waals surface area contributed by atoms with Crippen LogP contribution in [0, 0.1) is 0 Å².